The van der Waals surface area contributed by atoms with Gasteiger partial charge in [0.25, 0.3) is 0 Å². The van der Waals surface area contributed by atoms with Crippen LogP contribution < -0.4 is 10.1 Å². The Morgan fingerprint density at radius 2 is 2.00 bits per heavy atom. The van der Waals surface area contributed by atoms with Crippen molar-refractivity contribution in [3.05, 3.63) is 29.8 Å². The van der Waals surface area contributed by atoms with Crippen LogP contribution in [0.15, 0.2) is 24.3 Å². The van der Waals surface area contributed by atoms with Crippen LogP contribution in [0.3, 0.4) is 0 Å². The molecule has 0 saturated carbocycles. The number of esters is 1. The number of carbonyl (C=O) groups excluding carboxylic acids is 1. The van der Waals surface area contributed by atoms with Crippen LogP contribution >= 0.6 is 0 Å². The first-order chi connectivity index (χ1) is 11.7. The fourth-order valence-corrected chi connectivity index (χ4v) is 3.30. The number of nitrogens with one attached hydrogen (secondary N) is 1. The van der Waals surface area contributed by atoms with Crippen molar-refractivity contribution in [3.8, 4) is 5.75 Å². The van der Waals surface area contributed by atoms with Crippen molar-refractivity contribution in [2.45, 2.75) is 37.5 Å². The summed E-state index contributed by atoms with van der Waals surface area (Å²) in [7, 11) is 1.63. The van der Waals surface area contributed by atoms with E-state index in [-0.39, 0.29) is 17.9 Å². The lowest BCUT2D eigenvalue weighted by Gasteiger charge is -2.26. The number of benzene rings is 1. The Hall–Kier alpha value is -1.63. The Labute approximate surface area is 142 Å². The molecular formula is C18H25NO5. The van der Waals surface area contributed by atoms with Crippen molar-refractivity contribution in [2.24, 2.45) is 5.92 Å². The first-order valence-electron chi connectivity index (χ1n) is 8.50. The highest BCUT2D eigenvalue weighted by Gasteiger charge is 2.39. The van der Waals surface area contributed by atoms with Gasteiger partial charge in [0.15, 0.2) is 0 Å². The zero-order valence-corrected chi connectivity index (χ0v) is 13.9. The maximum atomic E-state index is 12.3. The predicted molar refractivity (Wildman–Crippen MR) is 87.9 cm³/mol. The van der Waals surface area contributed by atoms with E-state index in [1.807, 2.05) is 24.3 Å². The van der Waals surface area contributed by atoms with E-state index >= 15 is 0 Å². The number of methoxy groups -OCH3 is 1. The summed E-state index contributed by atoms with van der Waals surface area (Å²) in [6.07, 6.45) is 0.892. The molecule has 0 bridgehead atoms. The molecule has 0 spiro atoms. The zero-order chi connectivity index (χ0) is 16.9. The Balaban J connectivity index is 1.60. The highest BCUT2D eigenvalue weighted by molar-refractivity contribution is 5.72. The third kappa shape index (κ3) is 4.06. The second-order valence-corrected chi connectivity index (χ2v) is 6.42. The maximum absolute atomic E-state index is 12.3. The van der Waals surface area contributed by atoms with Gasteiger partial charge in [0, 0.05) is 19.8 Å². The summed E-state index contributed by atoms with van der Waals surface area (Å²) in [6, 6.07) is 7.70. The SMILES string of the molecule is COc1ccc(C[C@H]2NC[C@H](O)[C@H]2OC(=O)C2CCOCC2)cc1. The molecule has 24 heavy (non-hydrogen) atoms. The van der Waals surface area contributed by atoms with Gasteiger partial charge < -0.3 is 24.6 Å². The Morgan fingerprint density at radius 3 is 2.67 bits per heavy atom. The molecule has 0 unspecified atom stereocenters. The number of β-amino-alcohol motifs (C(OH)–C–C–N with tert-alkyl or cyclic N) is 1. The molecule has 2 saturated heterocycles. The summed E-state index contributed by atoms with van der Waals surface area (Å²) in [5.74, 6) is 0.472. The summed E-state index contributed by atoms with van der Waals surface area (Å²) in [5.41, 5.74) is 1.11. The normalized spacial score (nSPS) is 27.8. The first-order valence-corrected chi connectivity index (χ1v) is 8.50. The van der Waals surface area contributed by atoms with Gasteiger partial charge in [-0.05, 0) is 37.0 Å². The van der Waals surface area contributed by atoms with E-state index in [1.165, 1.54) is 0 Å². The summed E-state index contributed by atoms with van der Waals surface area (Å²) in [5, 5.41) is 13.4. The molecule has 1 aromatic rings. The monoisotopic (exact) mass is 335 g/mol. The van der Waals surface area contributed by atoms with E-state index < -0.39 is 12.2 Å². The van der Waals surface area contributed by atoms with Gasteiger partial charge in [-0.1, -0.05) is 12.1 Å². The lowest BCUT2D eigenvalue weighted by Crippen LogP contribution is -2.41. The second-order valence-electron chi connectivity index (χ2n) is 6.42. The van der Waals surface area contributed by atoms with Crippen LogP contribution in [0.2, 0.25) is 0 Å². The summed E-state index contributed by atoms with van der Waals surface area (Å²) in [6.45, 7) is 1.63. The van der Waals surface area contributed by atoms with Gasteiger partial charge >= 0.3 is 5.97 Å². The van der Waals surface area contributed by atoms with Crippen molar-refractivity contribution in [2.75, 3.05) is 26.9 Å². The Morgan fingerprint density at radius 1 is 1.29 bits per heavy atom. The molecule has 6 heteroatoms. The molecule has 0 radical (unpaired) electrons. The highest BCUT2D eigenvalue weighted by Crippen LogP contribution is 2.23. The van der Waals surface area contributed by atoms with E-state index in [0.29, 0.717) is 39.0 Å². The largest absolute Gasteiger partial charge is 0.497 e. The van der Waals surface area contributed by atoms with E-state index in [9.17, 15) is 9.90 Å². The molecule has 3 rings (SSSR count). The van der Waals surface area contributed by atoms with Gasteiger partial charge in [0.05, 0.1) is 19.1 Å². The highest BCUT2D eigenvalue weighted by atomic mass is 16.6. The van der Waals surface area contributed by atoms with Crippen molar-refractivity contribution in [3.63, 3.8) is 0 Å². The van der Waals surface area contributed by atoms with E-state index in [0.717, 1.165) is 11.3 Å². The van der Waals surface area contributed by atoms with E-state index in [2.05, 4.69) is 5.32 Å². The summed E-state index contributed by atoms with van der Waals surface area (Å²) in [4.78, 5) is 12.3. The first kappa shape index (κ1) is 17.2. The van der Waals surface area contributed by atoms with Crippen LogP contribution in [0, 0.1) is 5.92 Å². The van der Waals surface area contributed by atoms with Gasteiger partial charge in [-0.2, -0.15) is 0 Å². The van der Waals surface area contributed by atoms with E-state index in [1.54, 1.807) is 7.11 Å². The van der Waals surface area contributed by atoms with Crippen LogP contribution in [0.4, 0.5) is 0 Å². The van der Waals surface area contributed by atoms with Gasteiger partial charge in [0.1, 0.15) is 18.0 Å². The molecule has 2 N–H and O–H groups in total. The quantitative estimate of drug-likeness (QED) is 0.779. The second kappa shape index (κ2) is 7.96. The third-order valence-corrected chi connectivity index (χ3v) is 4.79. The van der Waals surface area contributed by atoms with Crippen LogP contribution in [-0.2, 0) is 20.7 Å². The van der Waals surface area contributed by atoms with Gasteiger partial charge in [-0.15, -0.1) is 0 Å². The number of hydrogen-bond acceptors (Lipinski definition) is 6. The van der Waals surface area contributed by atoms with Crippen LogP contribution in [-0.4, -0.2) is 56.2 Å². The smallest absolute Gasteiger partial charge is 0.309 e. The predicted octanol–water partition coefficient (Wildman–Crippen LogP) is 0.909. The molecular weight excluding hydrogens is 310 g/mol. The molecule has 132 valence electrons. The average Bonchev–Trinajstić information content (AvgIpc) is 2.96. The minimum Gasteiger partial charge on any atom is -0.497 e. The van der Waals surface area contributed by atoms with Crippen molar-refractivity contribution in [1.29, 1.82) is 0 Å². The lowest BCUT2D eigenvalue weighted by molar-refractivity contribution is -0.162. The topological polar surface area (TPSA) is 77.0 Å². The van der Waals surface area contributed by atoms with Gasteiger partial charge in [-0.25, -0.2) is 0 Å². The molecule has 2 heterocycles. The van der Waals surface area contributed by atoms with Crippen molar-refractivity contribution >= 4 is 5.97 Å². The molecule has 0 amide bonds. The standard InChI is InChI=1S/C18H25NO5/c1-22-14-4-2-12(3-5-14)10-15-17(16(20)11-19-15)24-18(21)13-6-8-23-9-7-13/h2-5,13,15-17,19-20H,6-11H2,1H3/t15-,16+,17+/m1/s1. The number of carbonyl (C=O) groups is 1. The maximum Gasteiger partial charge on any atom is 0.309 e. The van der Waals surface area contributed by atoms with Crippen LogP contribution in [0.1, 0.15) is 18.4 Å². The van der Waals surface area contributed by atoms with Crippen LogP contribution in [0.25, 0.3) is 0 Å². The molecule has 2 aliphatic heterocycles. The number of aliphatic hydroxyl groups is 1. The van der Waals surface area contributed by atoms with Crippen molar-refractivity contribution in [1.82, 2.24) is 5.32 Å². The number of rotatable bonds is 5. The zero-order valence-electron chi connectivity index (χ0n) is 13.9. The van der Waals surface area contributed by atoms with Gasteiger partial charge in [0.2, 0.25) is 0 Å². The Kier molecular flexibility index (Phi) is 5.71. The summed E-state index contributed by atoms with van der Waals surface area (Å²) < 4.78 is 16.1. The van der Waals surface area contributed by atoms with Crippen molar-refractivity contribution < 1.29 is 24.1 Å². The Bertz CT molecular complexity index is 541. The molecule has 3 atom stereocenters. The molecule has 0 aliphatic carbocycles. The molecule has 1 aromatic carbocycles. The molecule has 0 aromatic heterocycles. The third-order valence-electron chi connectivity index (χ3n) is 4.79. The number of aliphatic hydroxyl groups excluding tert-OH is 1. The van der Waals surface area contributed by atoms with Crippen LogP contribution in [0.5, 0.6) is 5.75 Å². The number of hydrogen-bond donors (Lipinski definition) is 2. The lowest BCUT2D eigenvalue weighted by atomic mass is 9.99. The summed E-state index contributed by atoms with van der Waals surface area (Å²) >= 11 is 0. The minimum atomic E-state index is -0.669. The molecule has 2 fully saturated rings. The minimum absolute atomic E-state index is 0.0859. The fraction of sp³-hybridized carbons (Fsp3) is 0.611. The molecule has 6 nitrogen and oxygen atoms in total. The molecule has 2 aliphatic rings. The average molecular weight is 335 g/mol. The van der Waals surface area contributed by atoms with E-state index in [4.69, 9.17) is 14.2 Å². The van der Waals surface area contributed by atoms with Gasteiger partial charge in [-0.3, -0.25) is 4.79 Å². The number of ether oxygens (including phenoxy) is 3. The fourth-order valence-electron chi connectivity index (χ4n) is 3.30.